The Morgan fingerprint density at radius 2 is 1.88 bits per heavy atom. The van der Waals surface area contributed by atoms with Crippen LogP contribution in [0.4, 0.5) is 0 Å². The van der Waals surface area contributed by atoms with Gasteiger partial charge in [0.05, 0.1) is 6.04 Å². The van der Waals surface area contributed by atoms with Crippen molar-refractivity contribution in [2.45, 2.75) is 38.3 Å². The summed E-state index contributed by atoms with van der Waals surface area (Å²) in [6.07, 6.45) is 6.50. The molecule has 1 N–H and O–H groups in total. The van der Waals surface area contributed by atoms with E-state index in [1.807, 2.05) is 17.2 Å². The maximum Gasteiger partial charge on any atom is 0.223 e. The molecule has 1 fully saturated rings. The lowest BCUT2D eigenvalue weighted by atomic mass is 9.94. The van der Waals surface area contributed by atoms with Crippen molar-refractivity contribution in [1.82, 2.24) is 15.2 Å². The molecule has 1 aliphatic heterocycles. The van der Waals surface area contributed by atoms with Gasteiger partial charge in [0, 0.05) is 43.9 Å². The zero-order valence-electron chi connectivity index (χ0n) is 14.7. The zero-order chi connectivity index (χ0) is 17.2. The fourth-order valence-corrected chi connectivity index (χ4v) is 4.44. The van der Waals surface area contributed by atoms with Crippen LogP contribution in [0.25, 0.3) is 0 Å². The van der Waals surface area contributed by atoms with Gasteiger partial charge < -0.3 is 10.2 Å². The van der Waals surface area contributed by atoms with E-state index in [1.165, 1.54) is 11.1 Å². The van der Waals surface area contributed by atoms with Crippen molar-refractivity contribution in [2.75, 3.05) is 13.1 Å². The highest BCUT2D eigenvalue weighted by Crippen LogP contribution is 2.37. The van der Waals surface area contributed by atoms with Crippen LogP contribution in [0.1, 0.15) is 36.1 Å². The maximum absolute atomic E-state index is 12.5. The molecule has 1 aliphatic carbocycles. The van der Waals surface area contributed by atoms with Crippen molar-refractivity contribution in [3.8, 4) is 0 Å². The SMILES string of the molecule is CCN1C(=O)C[C@@H](CNC2Cc3ccccc3C2)[C@@H]1c1cccnc1. The second-order valence-corrected chi connectivity index (χ2v) is 7.16. The van der Waals surface area contributed by atoms with Crippen LogP contribution in [0.15, 0.2) is 48.8 Å². The average Bonchev–Trinajstić information content (AvgIpc) is 3.20. The Labute approximate surface area is 149 Å². The number of likely N-dealkylation sites (tertiary alicyclic amines) is 1. The Morgan fingerprint density at radius 1 is 1.12 bits per heavy atom. The van der Waals surface area contributed by atoms with Crippen molar-refractivity contribution in [3.63, 3.8) is 0 Å². The fourth-order valence-electron chi connectivity index (χ4n) is 4.44. The third-order valence-electron chi connectivity index (χ3n) is 5.63. The molecular weight excluding hydrogens is 310 g/mol. The van der Waals surface area contributed by atoms with Gasteiger partial charge in [-0.2, -0.15) is 0 Å². The van der Waals surface area contributed by atoms with E-state index in [2.05, 4.69) is 47.6 Å². The summed E-state index contributed by atoms with van der Waals surface area (Å²) in [5, 5.41) is 3.74. The molecule has 2 atom stereocenters. The van der Waals surface area contributed by atoms with Gasteiger partial charge in [-0.05, 0) is 42.5 Å². The predicted octanol–water partition coefficient (Wildman–Crippen LogP) is 2.75. The molecule has 1 aromatic carbocycles. The van der Waals surface area contributed by atoms with Crippen LogP contribution in [0.3, 0.4) is 0 Å². The van der Waals surface area contributed by atoms with Gasteiger partial charge >= 0.3 is 0 Å². The van der Waals surface area contributed by atoms with Crippen molar-refractivity contribution >= 4 is 5.91 Å². The Hall–Kier alpha value is -2.20. The van der Waals surface area contributed by atoms with Crippen LogP contribution < -0.4 is 5.32 Å². The van der Waals surface area contributed by atoms with Crippen molar-refractivity contribution in [1.29, 1.82) is 0 Å². The second kappa shape index (κ2) is 6.96. The minimum Gasteiger partial charge on any atom is -0.336 e. The monoisotopic (exact) mass is 335 g/mol. The molecule has 130 valence electrons. The first-order valence-corrected chi connectivity index (χ1v) is 9.25. The average molecular weight is 335 g/mol. The Kier molecular flexibility index (Phi) is 4.53. The van der Waals surface area contributed by atoms with Gasteiger partial charge in [-0.3, -0.25) is 9.78 Å². The summed E-state index contributed by atoms with van der Waals surface area (Å²) in [4.78, 5) is 18.7. The molecule has 0 radical (unpaired) electrons. The number of carbonyl (C=O) groups excluding carboxylic acids is 1. The summed E-state index contributed by atoms with van der Waals surface area (Å²) < 4.78 is 0. The smallest absolute Gasteiger partial charge is 0.223 e. The molecule has 1 saturated heterocycles. The number of nitrogens with zero attached hydrogens (tertiary/aromatic N) is 2. The highest BCUT2D eigenvalue weighted by molar-refractivity contribution is 5.79. The minimum absolute atomic E-state index is 0.141. The number of pyridine rings is 1. The standard InChI is InChI=1S/C21H25N3O/c1-2-24-20(25)12-18(21(24)17-8-5-9-22-13-17)14-23-19-10-15-6-3-4-7-16(15)11-19/h3-9,13,18-19,21,23H,2,10-12,14H2,1H3/t18-,21-/m0/s1. The molecule has 0 bridgehead atoms. The van der Waals surface area contributed by atoms with Crippen LogP contribution in [0.5, 0.6) is 0 Å². The Bertz CT molecular complexity index is 721. The third-order valence-corrected chi connectivity index (χ3v) is 5.63. The summed E-state index contributed by atoms with van der Waals surface area (Å²) in [5.74, 6) is 0.568. The van der Waals surface area contributed by atoms with Gasteiger partial charge in [-0.15, -0.1) is 0 Å². The van der Waals surface area contributed by atoms with E-state index in [9.17, 15) is 4.79 Å². The van der Waals surface area contributed by atoms with Gasteiger partial charge in [0.15, 0.2) is 0 Å². The highest BCUT2D eigenvalue weighted by atomic mass is 16.2. The predicted molar refractivity (Wildman–Crippen MR) is 98.1 cm³/mol. The number of rotatable bonds is 5. The number of fused-ring (bicyclic) bond motifs is 1. The first kappa shape index (κ1) is 16.3. The topological polar surface area (TPSA) is 45.2 Å². The van der Waals surface area contributed by atoms with Gasteiger partial charge in [-0.25, -0.2) is 0 Å². The first-order chi connectivity index (χ1) is 12.3. The van der Waals surface area contributed by atoms with E-state index < -0.39 is 0 Å². The van der Waals surface area contributed by atoms with Crippen molar-refractivity contribution in [2.24, 2.45) is 5.92 Å². The van der Waals surface area contributed by atoms with E-state index in [0.717, 1.165) is 31.5 Å². The molecule has 2 heterocycles. The lowest BCUT2D eigenvalue weighted by molar-refractivity contribution is -0.128. The van der Waals surface area contributed by atoms with Crippen molar-refractivity contribution < 1.29 is 4.79 Å². The second-order valence-electron chi connectivity index (χ2n) is 7.16. The van der Waals surface area contributed by atoms with E-state index in [0.29, 0.717) is 18.4 Å². The van der Waals surface area contributed by atoms with Gasteiger partial charge in [0.25, 0.3) is 0 Å². The first-order valence-electron chi connectivity index (χ1n) is 9.25. The van der Waals surface area contributed by atoms with E-state index in [4.69, 9.17) is 0 Å². The summed E-state index contributed by atoms with van der Waals surface area (Å²) in [6.45, 7) is 3.69. The number of aromatic nitrogens is 1. The largest absolute Gasteiger partial charge is 0.336 e. The molecule has 4 nitrogen and oxygen atoms in total. The number of hydrogen-bond acceptors (Lipinski definition) is 3. The molecule has 0 unspecified atom stereocenters. The van der Waals surface area contributed by atoms with Gasteiger partial charge in [0.1, 0.15) is 0 Å². The molecule has 4 heteroatoms. The molecule has 25 heavy (non-hydrogen) atoms. The van der Waals surface area contributed by atoms with Crippen LogP contribution in [0.2, 0.25) is 0 Å². The molecule has 2 aliphatic rings. The Balaban J connectivity index is 1.45. The molecule has 0 saturated carbocycles. The van der Waals surface area contributed by atoms with Gasteiger partial charge in [0.2, 0.25) is 5.91 Å². The fraction of sp³-hybridized carbons (Fsp3) is 0.429. The normalized spacial score (nSPS) is 23.2. The quantitative estimate of drug-likeness (QED) is 0.914. The van der Waals surface area contributed by atoms with Crippen LogP contribution in [-0.4, -0.2) is 34.9 Å². The number of amides is 1. The number of hydrogen-bond donors (Lipinski definition) is 1. The van der Waals surface area contributed by atoms with Crippen LogP contribution in [0, 0.1) is 5.92 Å². The van der Waals surface area contributed by atoms with E-state index in [-0.39, 0.29) is 11.9 Å². The van der Waals surface area contributed by atoms with Gasteiger partial charge in [-0.1, -0.05) is 30.3 Å². The molecule has 4 rings (SSSR count). The molecule has 1 amide bonds. The lowest BCUT2D eigenvalue weighted by Gasteiger charge is -2.28. The number of carbonyl (C=O) groups is 1. The van der Waals surface area contributed by atoms with E-state index >= 15 is 0 Å². The summed E-state index contributed by atoms with van der Waals surface area (Å²) in [7, 11) is 0. The highest BCUT2D eigenvalue weighted by Gasteiger charge is 2.40. The van der Waals surface area contributed by atoms with Crippen LogP contribution in [-0.2, 0) is 17.6 Å². The molecule has 0 spiro atoms. The number of benzene rings is 1. The van der Waals surface area contributed by atoms with E-state index in [1.54, 1.807) is 6.20 Å². The summed E-state index contributed by atoms with van der Waals surface area (Å²) >= 11 is 0. The Morgan fingerprint density at radius 3 is 2.52 bits per heavy atom. The molecular formula is C21H25N3O. The number of nitrogens with one attached hydrogen (secondary N) is 1. The third kappa shape index (κ3) is 3.19. The molecule has 1 aromatic heterocycles. The summed E-state index contributed by atoms with van der Waals surface area (Å²) in [5.41, 5.74) is 4.07. The van der Waals surface area contributed by atoms with Crippen LogP contribution >= 0.6 is 0 Å². The lowest BCUT2D eigenvalue weighted by Crippen LogP contribution is -2.36. The minimum atomic E-state index is 0.141. The zero-order valence-corrected chi connectivity index (χ0v) is 14.7. The summed E-state index contributed by atoms with van der Waals surface area (Å²) in [6, 6.07) is 13.4. The van der Waals surface area contributed by atoms with Crippen molar-refractivity contribution in [3.05, 3.63) is 65.5 Å². The maximum atomic E-state index is 12.5. The molecule has 2 aromatic rings.